The second kappa shape index (κ2) is 6.02. The van der Waals surface area contributed by atoms with E-state index in [1.165, 1.54) is 16.3 Å². The summed E-state index contributed by atoms with van der Waals surface area (Å²) in [6.45, 7) is 1.87. The predicted molar refractivity (Wildman–Crippen MR) is 96.7 cm³/mol. The van der Waals surface area contributed by atoms with Gasteiger partial charge in [-0.1, -0.05) is 60.7 Å². The Labute approximate surface area is 142 Å². The van der Waals surface area contributed by atoms with E-state index >= 15 is 0 Å². The first kappa shape index (κ1) is 15.3. The molecule has 0 saturated carbocycles. The van der Waals surface area contributed by atoms with E-state index in [1.807, 2.05) is 19.2 Å². The van der Waals surface area contributed by atoms with Crippen LogP contribution in [-0.4, -0.2) is 36.8 Å². The Morgan fingerprint density at radius 3 is 2.38 bits per heavy atom. The molecule has 1 N–H and O–H groups in total. The lowest BCUT2D eigenvalue weighted by Gasteiger charge is -2.37. The zero-order valence-electron chi connectivity index (χ0n) is 13.8. The standard InChI is InChI=1S/C21H21NO2/c1-22-12-13-24-21(23,15-22)20-10-8-17(9-11-20)19-7-6-16-4-2-3-5-18(16)14-19/h2-11,14,23H,12-13,15H2,1H3. The van der Waals surface area contributed by atoms with Crippen molar-refractivity contribution in [2.24, 2.45) is 0 Å². The van der Waals surface area contributed by atoms with Gasteiger partial charge in [-0.15, -0.1) is 0 Å². The van der Waals surface area contributed by atoms with Crippen LogP contribution in [0.5, 0.6) is 0 Å². The Bertz CT molecular complexity index is 859. The topological polar surface area (TPSA) is 32.7 Å². The van der Waals surface area contributed by atoms with E-state index in [1.54, 1.807) is 0 Å². The van der Waals surface area contributed by atoms with Crippen molar-refractivity contribution in [1.29, 1.82) is 0 Å². The summed E-state index contributed by atoms with van der Waals surface area (Å²) in [5.74, 6) is -1.21. The van der Waals surface area contributed by atoms with Gasteiger partial charge in [-0.25, -0.2) is 0 Å². The number of ether oxygens (including phenoxy) is 1. The number of morpholine rings is 1. The first-order valence-electron chi connectivity index (χ1n) is 8.29. The zero-order valence-corrected chi connectivity index (χ0v) is 13.8. The van der Waals surface area contributed by atoms with Crippen molar-refractivity contribution in [3.8, 4) is 11.1 Å². The van der Waals surface area contributed by atoms with Crippen LogP contribution in [0.2, 0.25) is 0 Å². The molecule has 0 radical (unpaired) electrons. The number of hydrogen-bond donors (Lipinski definition) is 1. The Morgan fingerprint density at radius 2 is 1.62 bits per heavy atom. The van der Waals surface area contributed by atoms with Crippen LogP contribution in [0.15, 0.2) is 66.7 Å². The smallest absolute Gasteiger partial charge is 0.205 e. The van der Waals surface area contributed by atoms with Gasteiger partial charge in [-0.2, -0.15) is 0 Å². The molecule has 1 unspecified atom stereocenters. The normalized spacial score (nSPS) is 21.9. The fourth-order valence-corrected chi connectivity index (χ4v) is 3.33. The van der Waals surface area contributed by atoms with Crippen molar-refractivity contribution < 1.29 is 9.84 Å². The lowest BCUT2D eigenvalue weighted by molar-refractivity contribution is -0.245. The largest absolute Gasteiger partial charge is 0.361 e. The average Bonchev–Trinajstić information content (AvgIpc) is 2.61. The van der Waals surface area contributed by atoms with Gasteiger partial charge >= 0.3 is 0 Å². The van der Waals surface area contributed by atoms with Crippen molar-refractivity contribution in [1.82, 2.24) is 4.90 Å². The highest BCUT2D eigenvalue weighted by molar-refractivity contribution is 5.87. The van der Waals surface area contributed by atoms with Crippen LogP contribution >= 0.6 is 0 Å². The molecule has 1 fully saturated rings. The molecule has 3 nitrogen and oxygen atoms in total. The summed E-state index contributed by atoms with van der Waals surface area (Å²) >= 11 is 0. The minimum absolute atomic E-state index is 0.488. The molecule has 3 aromatic carbocycles. The van der Waals surface area contributed by atoms with Gasteiger partial charge in [0.05, 0.1) is 13.2 Å². The van der Waals surface area contributed by atoms with Crippen molar-refractivity contribution in [2.75, 3.05) is 26.7 Å². The van der Waals surface area contributed by atoms with Crippen molar-refractivity contribution in [3.05, 3.63) is 72.3 Å². The van der Waals surface area contributed by atoms with Gasteiger partial charge in [0.15, 0.2) is 0 Å². The van der Waals surface area contributed by atoms with Crippen LogP contribution in [0.1, 0.15) is 5.56 Å². The monoisotopic (exact) mass is 319 g/mol. The Balaban J connectivity index is 1.65. The highest BCUT2D eigenvalue weighted by Crippen LogP contribution is 2.30. The van der Waals surface area contributed by atoms with E-state index in [0.717, 1.165) is 17.7 Å². The van der Waals surface area contributed by atoms with Crippen LogP contribution in [0.25, 0.3) is 21.9 Å². The SMILES string of the molecule is CN1CCOC(O)(c2ccc(-c3ccc4ccccc4c3)cc2)C1. The molecule has 1 aliphatic rings. The molecule has 1 aliphatic heterocycles. The molecular weight excluding hydrogens is 298 g/mol. The van der Waals surface area contributed by atoms with Crippen molar-refractivity contribution >= 4 is 10.8 Å². The predicted octanol–water partition coefficient (Wildman–Crippen LogP) is 3.61. The maximum Gasteiger partial charge on any atom is 0.205 e. The summed E-state index contributed by atoms with van der Waals surface area (Å²) in [5.41, 5.74) is 3.12. The van der Waals surface area contributed by atoms with Gasteiger partial charge in [0.1, 0.15) is 0 Å². The fraction of sp³-hybridized carbons (Fsp3) is 0.238. The zero-order chi connectivity index (χ0) is 16.6. The number of benzene rings is 3. The summed E-state index contributed by atoms with van der Waals surface area (Å²) in [5, 5.41) is 13.2. The molecule has 0 amide bonds. The van der Waals surface area contributed by atoms with E-state index in [0.29, 0.717) is 13.2 Å². The molecule has 122 valence electrons. The molecule has 1 atom stereocenters. The van der Waals surface area contributed by atoms with Crippen LogP contribution in [0, 0.1) is 0 Å². The maximum atomic E-state index is 10.8. The third kappa shape index (κ3) is 2.82. The van der Waals surface area contributed by atoms with E-state index in [9.17, 15) is 5.11 Å². The molecule has 3 heteroatoms. The summed E-state index contributed by atoms with van der Waals surface area (Å²) in [7, 11) is 2.00. The third-order valence-electron chi connectivity index (χ3n) is 4.72. The number of fused-ring (bicyclic) bond motifs is 1. The minimum atomic E-state index is -1.21. The maximum absolute atomic E-state index is 10.8. The van der Waals surface area contributed by atoms with E-state index in [-0.39, 0.29) is 0 Å². The van der Waals surface area contributed by atoms with Crippen molar-refractivity contribution in [3.63, 3.8) is 0 Å². The molecule has 0 spiro atoms. The van der Waals surface area contributed by atoms with Gasteiger partial charge in [-0.05, 0) is 35.0 Å². The fourth-order valence-electron chi connectivity index (χ4n) is 3.33. The lowest BCUT2D eigenvalue weighted by Crippen LogP contribution is -2.48. The van der Waals surface area contributed by atoms with Gasteiger partial charge in [0.25, 0.3) is 0 Å². The van der Waals surface area contributed by atoms with Gasteiger partial charge in [-0.3, -0.25) is 4.90 Å². The highest BCUT2D eigenvalue weighted by atomic mass is 16.6. The number of hydrogen-bond acceptors (Lipinski definition) is 3. The summed E-state index contributed by atoms with van der Waals surface area (Å²) in [6, 6.07) is 22.9. The second-order valence-corrected chi connectivity index (χ2v) is 6.51. The van der Waals surface area contributed by atoms with Gasteiger partial charge < -0.3 is 9.84 Å². The van der Waals surface area contributed by atoms with E-state index in [2.05, 4.69) is 59.5 Å². The molecule has 0 aromatic heterocycles. The highest BCUT2D eigenvalue weighted by Gasteiger charge is 2.34. The first-order valence-corrected chi connectivity index (χ1v) is 8.29. The average molecular weight is 319 g/mol. The summed E-state index contributed by atoms with van der Waals surface area (Å²) in [4.78, 5) is 2.08. The van der Waals surface area contributed by atoms with Crippen LogP contribution in [-0.2, 0) is 10.5 Å². The van der Waals surface area contributed by atoms with E-state index in [4.69, 9.17) is 4.74 Å². The number of aliphatic hydroxyl groups is 1. The molecule has 1 saturated heterocycles. The number of likely N-dealkylation sites (N-methyl/N-ethyl adjacent to an activating group) is 1. The first-order chi connectivity index (χ1) is 11.6. The Morgan fingerprint density at radius 1 is 0.917 bits per heavy atom. The minimum Gasteiger partial charge on any atom is -0.361 e. The molecule has 1 heterocycles. The molecule has 0 bridgehead atoms. The Kier molecular flexibility index (Phi) is 3.85. The molecule has 4 rings (SSSR count). The van der Waals surface area contributed by atoms with Gasteiger partial charge in [0.2, 0.25) is 5.79 Å². The second-order valence-electron chi connectivity index (χ2n) is 6.51. The van der Waals surface area contributed by atoms with Gasteiger partial charge in [0, 0.05) is 12.1 Å². The number of nitrogens with zero attached hydrogens (tertiary/aromatic N) is 1. The van der Waals surface area contributed by atoms with E-state index < -0.39 is 5.79 Å². The Hall–Kier alpha value is -2.20. The molecule has 24 heavy (non-hydrogen) atoms. The molecular formula is C21H21NO2. The third-order valence-corrected chi connectivity index (χ3v) is 4.72. The van der Waals surface area contributed by atoms with Crippen LogP contribution < -0.4 is 0 Å². The molecule has 0 aliphatic carbocycles. The van der Waals surface area contributed by atoms with Crippen LogP contribution in [0.3, 0.4) is 0 Å². The number of rotatable bonds is 2. The lowest BCUT2D eigenvalue weighted by atomic mass is 9.97. The van der Waals surface area contributed by atoms with Crippen LogP contribution in [0.4, 0.5) is 0 Å². The molecule has 3 aromatic rings. The quantitative estimate of drug-likeness (QED) is 0.783. The van der Waals surface area contributed by atoms with Crippen molar-refractivity contribution in [2.45, 2.75) is 5.79 Å². The number of β-amino-alcohol motifs (C(OH)–C–C–N with tert-alkyl or cyclic N) is 1. The summed E-state index contributed by atoms with van der Waals surface area (Å²) in [6.07, 6.45) is 0. The summed E-state index contributed by atoms with van der Waals surface area (Å²) < 4.78 is 5.64.